The molecule has 2 rings (SSSR count). The first-order valence-corrected chi connectivity index (χ1v) is 5.99. The molecule has 0 spiro atoms. The van der Waals surface area contributed by atoms with Crippen molar-refractivity contribution in [1.29, 1.82) is 5.26 Å². The van der Waals surface area contributed by atoms with E-state index >= 15 is 0 Å². The number of benzene rings is 1. The van der Waals surface area contributed by atoms with Crippen LogP contribution in [0.15, 0.2) is 24.3 Å². The number of rotatable bonds is 3. The molecule has 0 N–H and O–H groups in total. The minimum atomic E-state index is -0.896. The number of nitrogens with zero attached hydrogens (tertiary/aromatic N) is 1. The fourth-order valence-corrected chi connectivity index (χ4v) is 2.19. The molecule has 1 aliphatic rings. The minimum absolute atomic E-state index is 0.164. The van der Waals surface area contributed by atoms with Crippen molar-refractivity contribution in [2.75, 3.05) is 13.2 Å². The summed E-state index contributed by atoms with van der Waals surface area (Å²) >= 11 is 0. The quantitative estimate of drug-likeness (QED) is 0.824. The van der Waals surface area contributed by atoms with Gasteiger partial charge in [0.1, 0.15) is 11.7 Å². The summed E-state index contributed by atoms with van der Waals surface area (Å²) in [5.74, 6) is -1.73. The highest BCUT2D eigenvalue weighted by Gasteiger charge is 2.29. The highest BCUT2D eigenvalue weighted by Crippen LogP contribution is 2.25. The number of carbonyl (C=O) groups excluding carboxylic acids is 1. The Bertz CT molecular complexity index is 475. The molecule has 0 bridgehead atoms. The molecule has 0 radical (unpaired) electrons. The lowest BCUT2D eigenvalue weighted by Crippen LogP contribution is -2.29. The lowest BCUT2D eigenvalue weighted by Gasteiger charge is -2.22. The molecule has 1 heterocycles. The molecule has 1 aromatic carbocycles. The fourth-order valence-electron chi connectivity index (χ4n) is 2.19. The van der Waals surface area contributed by atoms with Gasteiger partial charge >= 0.3 is 0 Å². The first-order chi connectivity index (χ1) is 8.72. The number of halogens is 1. The van der Waals surface area contributed by atoms with Gasteiger partial charge in [0.2, 0.25) is 0 Å². The van der Waals surface area contributed by atoms with Gasteiger partial charge in [-0.1, -0.05) is 12.1 Å². The zero-order chi connectivity index (χ0) is 13.0. The summed E-state index contributed by atoms with van der Waals surface area (Å²) in [6.45, 7) is 1.04. The maximum atomic E-state index is 13.1. The second-order valence-electron chi connectivity index (χ2n) is 4.43. The number of hydrogen-bond acceptors (Lipinski definition) is 3. The van der Waals surface area contributed by atoms with E-state index in [2.05, 4.69) is 0 Å². The SMILES string of the molecule is N#CC(C(=O)C1CCCOC1)c1cccc(F)c1. The lowest BCUT2D eigenvalue weighted by molar-refractivity contribution is -0.127. The van der Waals surface area contributed by atoms with Crippen LogP contribution in [0, 0.1) is 23.1 Å². The molecule has 1 saturated heterocycles. The maximum absolute atomic E-state index is 13.1. The molecule has 4 heteroatoms. The average Bonchev–Trinajstić information content (AvgIpc) is 2.40. The third-order valence-corrected chi connectivity index (χ3v) is 3.16. The topological polar surface area (TPSA) is 50.1 Å². The number of Topliss-reactive ketones (excluding diaryl/α,β-unsaturated/α-hetero) is 1. The molecule has 1 fully saturated rings. The molecule has 94 valence electrons. The van der Waals surface area contributed by atoms with Crippen molar-refractivity contribution in [3.63, 3.8) is 0 Å². The second-order valence-corrected chi connectivity index (χ2v) is 4.43. The van der Waals surface area contributed by atoms with Crippen LogP contribution in [0.4, 0.5) is 4.39 Å². The molecule has 1 aromatic rings. The largest absolute Gasteiger partial charge is 0.381 e. The van der Waals surface area contributed by atoms with Crippen LogP contribution in [0.2, 0.25) is 0 Å². The number of ether oxygens (including phenoxy) is 1. The molecule has 0 aromatic heterocycles. The van der Waals surface area contributed by atoms with E-state index in [0.717, 1.165) is 12.8 Å². The van der Waals surface area contributed by atoms with Gasteiger partial charge in [-0.25, -0.2) is 4.39 Å². The molecule has 3 nitrogen and oxygen atoms in total. The standard InChI is InChI=1S/C14H14FNO2/c15-12-5-1-3-10(7-12)13(8-16)14(17)11-4-2-6-18-9-11/h1,3,5,7,11,13H,2,4,6,9H2. The first-order valence-electron chi connectivity index (χ1n) is 5.99. The van der Waals surface area contributed by atoms with Crippen LogP contribution in [-0.2, 0) is 9.53 Å². The van der Waals surface area contributed by atoms with Gasteiger partial charge < -0.3 is 4.74 Å². The molecule has 1 aliphatic heterocycles. The molecule has 0 amide bonds. The Morgan fingerprint density at radius 3 is 3.00 bits per heavy atom. The second kappa shape index (κ2) is 5.74. The zero-order valence-electron chi connectivity index (χ0n) is 9.93. The van der Waals surface area contributed by atoms with E-state index in [1.807, 2.05) is 6.07 Å². The van der Waals surface area contributed by atoms with Crippen molar-refractivity contribution in [3.8, 4) is 6.07 Å². The smallest absolute Gasteiger partial charge is 0.159 e. The predicted molar refractivity (Wildman–Crippen MR) is 63.3 cm³/mol. The Hall–Kier alpha value is -1.73. The van der Waals surface area contributed by atoms with Gasteiger partial charge in [-0.15, -0.1) is 0 Å². The highest BCUT2D eigenvalue weighted by atomic mass is 19.1. The van der Waals surface area contributed by atoms with Gasteiger partial charge in [-0.2, -0.15) is 5.26 Å². The Morgan fingerprint density at radius 2 is 2.39 bits per heavy atom. The van der Waals surface area contributed by atoms with Gasteiger partial charge in [0, 0.05) is 12.5 Å². The van der Waals surface area contributed by atoms with Gasteiger partial charge in [0.25, 0.3) is 0 Å². The molecule has 18 heavy (non-hydrogen) atoms. The summed E-state index contributed by atoms with van der Waals surface area (Å²) in [5, 5.41) is 9.14. The first kappa shape index (κ1) is 12.7. The average molecular weight is 247 g/mol. The van der Waals surface area contributed by atoms with Crippen molar-refractivity contribution in [2.45, 2.75) is 18.8 Å². The van der Waals surface area contributed by atoms with E-state index in [1.165, 1.54) is 18.2 Å². The van der Waals surface area contributed by atoms with E-state index in [0.29, 0.717) is 18.8 Å². The fraction of sp³-hybridized carbons (Fsp3) is 0.429. The summed E-state index contributed by atoms with van der Waals surface area (Å²) in [7, 11) is 0. The van der Waals surface area contributed by atoms with Crippen LogP contribution < -0.4 is 0 Å². The highest BCUT2D eigenvalue weighted by molar-refractivity contribution is 5.90. The number of hydrogen-bond donors (Lipinski definition) is 0. The Labute approximate surface area is 105 Å². The van der Waals surface area contributed by atoms with Gasteiger partial charge in [0.15, 0.2) is 5.78 Å². The monoisotopic (exact) mass is 247 g/mol. The summed E-state index contributed by atoms with van der Waals surface area (Å²) in [6, 6.07) is 7.64. The third-order valence-electron chi connectivity index (χ3n) is 3.16. The van der Waals surface area contributed by atoms with Crippen molar-refractivity contribution in [3.05, 3.63) is 35.6 Å². The Kier molecular flexibility index (Phi) is 4.06. The van der Waals surface area contributed by atoms with E-state index in [-0.39, 0.29) is 11.7 Å². The Balaban J connectivity index is 2.18. The summed E-state index contributed by atoms with van der Waals surface area (Å²) in [4.78, 5) is 12.2. The van der Waals surface area contributed by atoms with Crippen molar-refractivity contribution < 1.29 is 13.9 Å². The van der Waals surface area contributed by atoms with Crippen LogP contribution >= 0.6 is 0 Å². The molecule has 0 aliphatic carbocycles. The molecule has 2 unspecified atom stereocenters. The Morgan fingerprint density at radius 1 is 1.56 bits per heavy atom. The number of ketones is 1. The van der Waals surface area contributed by atoms with E-state index < -0.39 is 11.7 Å². The molecule has 2 atom stereocenters. The third kappa shape index (κ3) is 2.74. The molecule has 0 saturated carbocycles. The van der Waals surface area contributed by atoms with Crippen molar-refractivity contribution in [1.82, 2.24) is 0 Å². The van der Waals surface area contributed by atoms with Crippen molar-refractivity contribution >= 4 is 5.78 Å². The van der Waals surface area contributed by atoms with Crippen LogP contribution in [-0.4, -0.2) is 19.0 Å². The van der Waals surface area contributed by atoms with Crippen LogP contribution in [0.25, 0.3) is 0 Å². The van der Waals surface area contributed by atoms with Gasteiger partial charge in [0.05, 0.1) is 12.7 Å². The summed E-state index contributed by atoms with van der Waals surface area (Å²) in [6.07, 6.45) is 1.57. The zero-order valence-corrected chi connectivity index (χ0v) is 9.93. The minimum Gasteiger partial charge on any atom is -0.381 e. The summed E-state index contributed by atoms with van der Waals surface area (Å²) < 4.78 is 18.4. The van der Waals surface area contributed by atoms with Crippen LogP contribution in [0.5, 0.6) is 0 Å². The van der Waals surface area contributed by atoms with E-state index in [4.69, 9.17) is 10.00 Å². The number of carbonyl (C=O) groups is 1. The molecular weight excluding hydrogens is 233 g/mol. The van der Waals surface area contributed by atoms with Gasteiger partial charge in [-0.3, -0.25) is 4.79 Å². The van der Waals surface area contributed by atoms with Crippen molar-refractivity contribution in [2.24, 2.45) is 5.92 Å². The van der Waals surface area contributed by atoms with E-state index in [9.17, 15) is 9.18 Å². The predicted octanol–water partition coefficient (Wildman–Crippen LogP) is 2.43. The van der Waals surface area contributed by atoms with E-state index in [1.54, 1.807) is 6.07 Å². The normalized spacial score (nSPS) is 21.0. The van der Waals surface area contributed by atoms with Crippen LogP contribution in [0.3, 0.4) is 0 Å². The lowest BCUT2D eigenvalue weighted by atomic mass is 9.85. The van der Waals surface area contributed by atoms with Gasteiger partial charge in [-0.05, 0) is 30.5 Å². The van der Waals surface area contributed by atoms with Crippen LogP contribution in [0.1, 0.15) is 24.3 Å². The number of nitriles is 1. The maximum Gasteiger partial charge on any atom is 0.159 e. The summed E-state index contributed by atoms with van der Waals surface area (Å²) in [5.41, 5.74) is 0.424. The molecular formula is C14H14FNO2.